The molecule has 0 saturated carbocycles. The highest BCUT2D eigenvalue weighted by Gasteiger charge is 2.13. The Hall–Kier alpha value is -2.00. The molecule has 7 nitrogen and oxygen atoms in total. The van der Waals surface area contributed by atoms with Gasteiger partial charge in [-0.25, -0.2) is 15.0 Å². The van der Waals surface area contributed by atoms with Crippen molar-refractivity contribution in [2.45, 2.75) is 0 Å². The number of nitrogens with zero attached hydrogens (tertiary/aromatic N) is 3. The fourth-order valence-electron chi connectivity index (χ4n) is 1.91. The second kappa shape index (κ2) is 5.65. The van der Waals surface area contributed by atoms with Gasteiger partial charge < -0.3 is 14.8 Å². The first kappa shape index (κ1) is 14.9. The molecule has 0 spiro atoms. The summed E-state index contributed by atoms with van der Waals surface area (Å²) >= 11 is 6.52. The van der Waals surface area contributed by atoms with Crippen LogP contribution in [0.25, 0.3) is 22.4 Å². The first-order valence-corrected chi connectivity index (χ1v) is 7.58. The standard InChI is InChI=1S/C13H8Br2N4O3/c1-22-13-7(20)3-2-6(16-13)11-18-9-5(12(21)19-11)4-8(14)17-10(9)15/h2-4,20H,1H3,(H,18,19,21). The van der Waals surface area contributed by atoms with Gasteiger partial charge in [0.1, 0.15) is 20.4 Å². The Kier molecular flexibility index (Phi) is 3.83. The maximum absolute atomic E-state index is 12.2. The lowest BCUT2D eigenvalue weighted by Crippen LogP contribution is -2.11. The van der Waals surface area contributed by atoms with E-state index < -0.39 is 0 Å². The van der Waals surface area contributed by atoms with E-state index in [-0.39, 0.29) is 23.0 Å². The SMILES string of the molecule is COc1nc(-c2nc3c(Br)nc(Br)cc3c(=O)[nH]2)ccc1O. The molecule has 0 aromatic carbocycles. The van der Waals surface area contributed by atoms with Gasteiger partial charge in [-0.05, 0) is 50.1 Å². The third-order valence-electron chi connectivity index (χ3n) is 2.90. The molecule has 0 bridgehead atoms. The van der Waals surface area contributed by atoms with Gasteiger partial charge in [-0.1, -0.05) is 0 Å². The van der Waals surface area contributed by atoms with Crippen LogP contribution in [0.3, 0.4) is 0 Å². The molecule has 22 heavy (non-hydrogen) atoms. The number of H-pyrrole nitrogens is 1. The van der Waals surface area contributed by atoms with E-state index >= 15 is 0 Å². The predicted molar refractivity (Wildman–Crippen MR) is 87.0 cm³/mol. The summed E-state index contributed by atoms with van der Waals surface area (Å²) in [6.07, 6.45) is 0. The molecule has 0 radical (unpaired) electrons. The summed E-state index contributed by atoms with van der Waals surface area (Å²) in [5, 5.41) is 9.97. The number of fused-ring (bicyclic) bond motifs is 1. The number of hydrogen-bond donors (Lipinski definition) is 2. The van der Waals surface area contributed by atoms with Crippen LogP contribution in [0.5, 0.6) is 11.6 Å². The fraction of sp³-hybridized carbons (Fsp3) is 0.0769. The first-order chi connectivity index (χ1) is 10.5. The van der Waals surface area contributed by atoms with Crippen LogP contribution in [-0.4, -0.2) is 32.2 Å². The summed E-state index contributed by atoms with van der Waals surface area (Å²) in [6, 6.07) is 4.53. The number of halogens is 2. The molecule has 0 saturated heterocycles. The normalized spacial score (nSPS) is 10.9. The van der Waals surface area contributed by atoms with E-state index in [0.717, 1.165) is 0 Å². The number of aromatic hydroxyl groups is 1. The number of methoxy groups -OCH3 is 1. The second-order valence-electron chi connectivity index (χ2n) is 4.27. The summed E-state index contributed by atoms with van der Waals surface area (Å²) in [4.78, 5) is 27.5. The Balaban J connectivity index is 2.27. The number of rotatable bonds is 2. The number of pyridine rings is 2. The molecule has 3 rings (SSSR count). The van der Waals surface area contributed by atoms with Gasteiger partial charge in [0.15, 0.2) is 11.6 Å². The molecule has 0 aliphatic rings. The van der Waals surface area contributed by atoms with Crippen LogP contribution in [0.15, 0.2) is 32.2 Å². The van der Waals surface area contributed by atoms with Crippen molar-refractivity contribution in [3.05, 3.63) is 37.8 Å². The molecular formula is C13H8Br2N4O3. The van der Waals surface area contributed by atoms with E-state index in [0.29, 0.717) is 25.8 Å². The summed E-state index contributed by atoms with van der Waals surface area (Å²) in [5.41, 5.74) is 0.455. The van der Waals surface area contributed by atoms with Crippen LogP contribution in [-0.2, 0) is 0 Å². The molecule has 0 aliphatic carbocycles. The Morgan fingerprint density at radius 3 is 2.73 bits per heavy atom. The maximum atomic E-state index is 12.2. The molecular weight excluding hydrogens is 420 g/mol. The maximum Gasteiger partial charge on any atom is 0.259 e. The Morgan fingerprint density at radius 1 is 1.23 bits per heavy atom. The molecule has 3 aromatic heterocycles. The molecule has 9 heteroatoms. The van der Waals surface area contributed by atoms with E-state index in [1.807, 2.05) is 0 Å². The monoisotopic (exact) mass is 426 g/mol. The Labute approximate surface area is 140 Å². The van der Waals surface area contributed by atoms with Crippen LogP contribution < -0.4 is 10.3 Å². The van der Waals surface area contributed by atoms with Gasteiger partial charge in [-0.3, -0.25) is 4.79 Å². The second-order valence-corrected chi connectivity index (χ2v) is 5.84. The molecule has 0 aliphatic heterocycles. The largest absolute Gasteiger partial charge is 0.503 e. The van der Waals surface area contributed by atoms with E-state index in [4.69, 9.17) is 4.74 Å². The zero-order chi connectivity index (χ0) is 15.9. The Morgan fingerprint density at radius 2 is 2.00 bits per heavy atom. The number of hydrogen-bond acceptors (Lipinski definition) is 6. The zero-order valence-corrected chi connectivity index (χ0v) is 14.3. The van der Waals surface area contributed by atoms with Crippen molar-refractivity contribution in [2.24, 2.45) is 0 Å². The van der Waals surface area contributed by atoms with Gasteiger partial charge in [-0.15, -0.1) is 0 Å². The third-order valence-corrected chi connectivity index (χ3v) is 3.85. The molecule has 112 valence electrons. The lowest BCUT2D eigenvalue weighted by molar-refractivity contribution is 0.359. The molecule has 0 amide bonds. The lowest BCUT2D eigenvalue weighted by Gasteiger charge is -2.06. The Bertz CT molecular complexity index is 942. The number of aromatic nitrogens is 4. The molecule has 3 aromatic rings. The lowest BCUT2D eigenvalue weighted by atomic mass is 10.2. The molecule has 0 atom stereocenters. The summed E-state index contributed by atoms with van der Waals surface area (Å²) < 4.78 is 5.92. The van der Waals surface area contributed by atoms with Gasteiger partial charge in [0.25, 0.3) is 11.4 Å². The van der Waals surface area contributed by atoms with Crippen molar-refractivity contribution in [3.63, 3.8) is 0 Å². The minimum Gasteiger partial charge on any atom is -0.503 e. The minimum absolute atomic E-state index is 0.0493. The van der Waals surface area contributed by atoms with E-state index in [1.165, 1.54) is 19.2 Å². The molecule has 2 N–H and O–H groups in total. The predicted octanol–water partition coefficient (Wildman–Crippen LogP) is 2.62. The molecule has 3 heterocycles. The van der Waals surface area contributed by atoms with Crippen molar-refractivity contribution in [1.29, 1.82) is 0 Å². The smallest absolute Gasteiger partial charge is 0.259 e. The highest BCUT2D eigenvalue weighted by Crippen LogP contribution is 2.27. The van der Waals surface area contributed by atoms with Gasteiger partial charge >= 0.3 is 0 Å². The van der Waals surface area contributed by atoms with E-state index in [1.54, 1.807) is 6.07 Å². The van der Waals surface area contributed by atoms with Crippen LogP contribution in [0.1, 0.15) is 0 Å². The number of nitrogens with one attached hydrogen (secondary N) is 1. The number of ether oxygens (including phenoxy) is 1. The molecule has 0 fully saturated rings. The van der Waals surface area contributed by atoms with Crippen molar-refractivity contribution in [3.8, 4) is 23.1 Å². The van der Waals surface area contributed by atoms with Crippen molar-refractivity contribution in [2.75, 3.05) is 7.11 Å². The zero-order valence-electron chi connectivity index (χ0n) is 11.1. The molecule has 0 unspecified atom stereocenters. The average molecular weight is 428 g/mol. The van der Waals surface area contributed by atoms with Crippen LogP contribution in [0, 0.1) is 0 Å². The van der Waals surface area contributed by atoms with Crippen LogP contribution in [0.4, 0.5) is 0 Å². The quantitative estimate of drug-likeness (QED) is 0.609. The summed E-state index contributed by atoms with van der Waals surface area (Å²) in [7, 11) is 1.39. The van der Waals surface area contributed by atoms with E-state index in [9.17, 15) is 9.90 Å². The summed E-state index contributed by atoms with van der Waals surface area (Å²) in [6.45, 7) is 0. The minimum atomic E-state index is -0.322. The highest BCUT2D eigenvalue weighted by atomic mass is 79.9. The highest BCUT2D eigenvalue weighted by molar-refractivity contribution is 9.11. The number of aromatic amines is 1. The average Bonchev–Trinajstić information content (AvgIpc) is 2.48. The van der Waals surface area contributed by atoms with Gasteiger partial charge in [0, 0.05) is 0 Å². The van der Waals surface area contributed by atoms with Crippen molar-refractivity contribution < 1.29 is 9.84 Å². The van der Waals surface area contributed by atoms with Crippen molar-refractivity contribution >= 4 is 42.8 Å². The topological polar surface area (TPSA) is 101 Å². The van der Waals surface area contributed by atoms with E-state index in [2.05, 4.69) is 51.8 Å². The third kappa shape index (κ3) is 2.57. The van der Waals surface area contributed by atoms with Gasteiger partial charge in [-0.2, -0.15) is 0 Å². The fourth-order valence-corrected chi connectivity index (χ4v) is 3.05. The van der Waals surface area contributed by atoms with Gasteiger partial charge in [0.05, 0.1) is 12.5 Å². The summed E-state index contributed by atoms with van der Waals surface area (Å²) in [5.74, 6) is 0.204. The van der Waals surface area contributed by atoms with Gasteiger partial charge in [0.2, 0.25) is 0 Å². The first-order valence-electron chi connectivity index (χ1n) is 6.00. The van der Waals surface area contributed by atoms with Crippen LogP contribution in [0.2, 0.25) is 0 Å². The van der Waals surface area contributed by atoms with Crippen molar-refractivity contribution in [1.82, 2.24) is 19.9 Å². The van der Waals surface area contributed by atoms with Crippen LogP contribution >= 0.6 is 31.9 Å².